The summed E-state index contributed by atoms with van der Waals surface area (Å²) in [6.45, 7) is 6.69. The van der Waals surface area contributed by atoms with Gasteiger partial charge >= 0.3 is 0 Å². The number of carbonyl (C=O) groups excluding carboxylic acids is 1. The molecule has 1 aliphatic rings. The zero-order chi connectivity index (χ0) is 12.4. The summed E-state index contributed by atoms with van der Waals surface area (Å²) in [6, 6.07) is 0. The summed E-state index contributed by atoms with van der Waals surface area (Å²) in [5, 5.41) is 4.31. The first-order chi connectivity index (χ1) is 8.11. The summed E-state index contributed by atoms with van der Waals surface area (Å²) >= 11 is 3.41. The van der Waals surface area contributed by atoms with Crippen LogP contribution in [0.3, 0.4) is 0 Å². The van der Waals surface area contributed by atoms with E-state index in [9.17, 15) is 4.79 Å². The first-order valence-electron chi connectivity index (χ1n) is 6.14. The molecule has 4 nitrogen and oxygen atoms in total. The Balaban J connectivity index is 2.15. The van der Waals surface area contributed by atoms with E-state index in [4.69, 9.17) is 0 Å². The molecule has 17 heavy (non-hydrogen) atoms. The maximum Gasteiger partial charge on any atom is 0.275 e. The number of aryl methyl sites for hydroxylation is 1. The van der Waals surface area contributed by atoms with Crippen LogP contribution in [0.1, 0.15) is 37.2 Å². The van der Waals surface area contributed by atoms with Crippen molar-refractivity contribution in [3.8, 4) is 0 Å². The van der Waals surface area contributed by atoms with Crippen LogP contribution in [0.2, 0.25) is 0 Å². The fourth-order valence-corrected chi connectivity index (χ4v) is 2.71. The highest BCUT2D eigenvalue weighted by Gasteiger charge is 2.25. The maximum atomic E-state index is 12.3. The first kappa shape index (κ1) is 12.6. The summed E-state index contributed by atoms with van der Waals surface area (Å²) in [4.78, 5) is 14.2. The largest absolute Gasteiger partial charge is 0.337 e. The van der Waals surface area contributed by atoms with Gasteiger partial charge in [-0.25, -0.2) is 0 Å². The predicted octanol–water partition coefficient (Wildman–Crippen LogP) is 2.54. The van der Waals surface area contributed by atoms with Crippen molar-refractivity contribution in [2.45, 2.75) is 33.2 Å². The zero-order valence-electron chi connectivity index (χ0n) is 10.3. The Morgan fingerprint density at radius 3 is 3.00 bits per heavy atom. The summed E-state index contributed by atoms with van der Waals surface area (Å²) in [7, 11) is 0. The second-order valence-electron chi connectivity index (χ2n) is 4.68. The Kier molecular flexibility index (Phi) is 3.86. The molecule has 1 atom stereocenters. The molecule has 1 aromatic rings. The summed E-state index contributed by atoms with van der Waals surface area (Å²) in [6.07, 6.45) is 4.17. The third-order valence-electron chi connectivity index (χ3n) is 3.19. The smallest absolute Gasteiger partial charge is 0.275 e. The Hall–Kier alpha value is -0.840. The van der Waals surface area contributed by atoms with Crippen molar-refractivity contribution >= 4 is 21.8 Å². The van der Waals surface area contributed by atoms with Crippen LogP contribution in [-0.4, -0.2) is 33.7 Å². The minimum absolute atomic E-state index is 0.0515. The number of hydrogen-bond acceptors (Lipinski definition) is 2. The van der Waals surface area contributed by atoms with E-state index < -0.39 is 0 Å². The molecule has 1 saturated heterocycles. The van der Waals surface area contributed by atoms with Gasteiger partial charge in [0.1, 0.15) is 0 Å². The van der Waals surface area contributed by atoms with Gasteiger partial charge in [-0.15, -0.1) is 0 Å². The molecule has 2 rings (SSSR count). The summed E-state index contributed by atoms with van der Waals surface area (Å²) in [5.41, 5.74) is 0.543. The van der Waals surface area contributed by atoms with Crippen molar-refractivity contribution in [1.82, 2.24) is 14.7 Å². The molecule has 1 unspecified atom stereocenters. The SMILES string of the molecule is CCn1cc(Br)c(C(=O)N2CCCC(C)C2)n1. The molecule has 1 aromatic heterocycles. The van der Waals surface area contributed by atoms with Crippen LogP contribution < -0.4 is 0 Å². The van der Waals surface area contributed by atoms with E-state index in [2.05, 4.69) is 28.0 Å². The second kappa shape index (κ2) is 5.21. The van der Waals surface area contributed by atoms with Gasteiger partial charge in [0.2, 0.25) is 0 Å². The second-order valence-corrected chi connectivity index (χ2v) is 5.53. The molecule has 0 radical (unpaired) electrons. The van der Waals surface area contributed by atoms with Gasteiger partial charge in [0.25, 0.3) is 5.91 Å². The Labute approximate surface area is 110 Å². The molecule has 1 aliphatic heterocycles. The highest BCUT2D eigenvalue weighted by atomic mass is 79.9. The van der Waals surface area contributed by atoms with Crippen LogP contribution in [0, 0.1) is 5.92 Å². The van der Waals surface area contributed by atoms with Crippen molar-refractivity contribution in [3.05, 3.63) is 16.4 Å². The van der Waals surface area contributed by atoms with Gasteiger partial charge < -0.3 is 4.90 Å². The molecule has 0 aromatic carbocycles. The van der Waals surface area contributed by atoms with Gasteiger partial charge in [-0.05, 0) is 41.6 Å². The molecular weight excluding hydrogens is 282 g/mol. The van der Waals surface area contributed by atoms with Gasteiger partial charge in [0.15, 0.2) is 5.69 Å². The average molecular weight is 300 g/mol. The molecular formula is C12H18BrN3O. The Morgan fingerprint density at radius 1 is 1.65 bits per heavy atom. The molecule has 1 amide bonds. The van der Waals surface area contributed by atoms with Crippen molar-refractivity contribution < 1.29 is 4.79 Å². The summed E-state index contributed by atoms with van der Waals surface area (Å²) < 4.78 is 2.58. The molecule has 5 heteroatoms. The lowest BCUT2D eigenvalue weighted by atomic mass is 10.0. The molecule has 0 aliphatic carbocycles. The highest BCUT2D eigenvalue weighted by Crippen LogP contribution is 2.21. The first-order valence-corrected chi connectivity index (χ1v) is 6.93. The number of likely N-dealkylation sites (tertiary alicyclic amines) is 1. The molecule has 1 fully saturated rings. The lowest BCUT2D eigenvalue weighted by molar-refractivity contribution is 0.0675. The summed E-state index contributed by atoms with van der Waals surface area (Å²) in [5.74, 6) is 0.648. The zero-order valence-corrected chi connectivity index (χ0v) is 11.9. The Bertz CT molecular complexity index is 416. The van der Waals surface area contributed by atoms with Crippen molar-refractivity contribution in [3.63, 3.8) is 0 Å². The van der Waals surface area contributed by atoms with Crippen LogP contribution in [0.15, 0.2) is 10.7 Å². The van der Waals surface area contributed by atoms with Crippen LogP contribution in [0.4, 0.5) is 0 Å². The van der Waals surface area contributed by atoms with Gasteiger partial charge in [-0.1, -0.05) is 6.92 Å². The number of rotatable bonds is 2. The highest BCUT2D eigenvalue weighted by molar-refractivity contribution is 9.10. The van der Waals surface area contributed by atoms with E-state index >= 15 is 0 Å². The van der Waals surface area contributed by atoms with Crippen LogP contribution >= 0.6 is 15.9 Å². The van der Waals surface area contributed by atoms with Crippen LogP contribution in [0.25, 0.3) is 0 Å². The maximum absolute atomic E-state index is 12.3. The van der Waals surface area contributed by atoms with Crippen molar-refractivity contribution in [2.24, 2.45) is 5.92 Å². The quantitative estimate of drug-likeness (QED) is 0.842. The van der Waals surface area contributed by atoms with E-state index in [-0.39, 0.29) is 5.91 Å². The number of aromatic nitrogens is 2. The van der Waals surface area contributed by atoms with Crippen molar-refractivity contribution in [2.75, 3.05) is 13.1 Å². The molecule has 0 saturated carbocycles. The predicted molar refractivity (Wildman–Crippen MR) is 69.9 cm³/mol. The third kappa shape index (κ3) is 2.70. The number of nitrogens with zero attached hydrogens (tertiary/aromatic N) is 3. The fourth-order valence-electron chi connectivity index (χ4n) is 2.23. The number of halogens is 1. The van der Waals surface area contributed by atoms with Gasteiger partial charge in [-0.3, -0.25) is 9.48 Å². The van der Waals surface area contributed by atoms with E-state index in [0.717, 1.165) is 30.5 Å². The monoisotopic (exact) mass is 299 g/mol. The molecule has 0 bridgehead atoms. The minimum Gasteiger partial charge on any atom is -0.337 e. The molecule has 0 spiro atoms. The van der Waals surface area contributed by atoms with E-state index in [0.29, 0.717) is 11.6 Å². The Morgan fingerprint density at radius 2 is 2.41 bits per heavy atom. The third-order valence-corrected chi connectivity index (χ3v) is 3.77. The van der Waals surface area contributed by atoms with E-state index in [1.807, 2.05) is 18.0 Å². The lowest BCUT2D eigenvalue weighted by Crippen LogP contribution is -2.39. The normalized spacial score (nSPS) is 20.6. The van der Waals surface area contributed by atoms with Gasteiger partial charge in [-0.2, -0.15) is 5.10 Å². The molecule has 0 N–H and O–H groups in total. The van der Waals surface area contributed by atoms with Gasteiger partial charge in [0, 0.05) is 25.8 Å². The van der Waals surface area contributed by atoms with E-state index in [1.54, 1.807) is 4.68 Å². The topological polar surface area (TPSA) is 38.1 Å². The number of amides is 1. The van der Waals surface area contributed by atoms with Crippen LogP contribution in [0.5, 0.6) is 0 Å². The average Bonchev–Trinajstić information content (AvgIpc) is 2.69. The number of hydrogen-bond donors (Lipinski definition) is 0. The number of piperidine rings is 1. The van der Waals surface area contributed by atoms with E-state index in [1.165, 1.54) is 6.42 Å². The fraction of sp³-hybridized carbons (Fsp3) is 0.667. The van der Waals surface area contributed by atoms with Crippen LogP contribution in [-0.2, 0) is 6.54 Å². The molecule has 94 valence electrons. The lowest BCUT2D eigenvalue weighted by Gasteiger charge is -2.30. The standard InChI is InChI=1S/C12H18BrN3O/c1-3-16-8-10(13)11(14-16)12(17)15-6-4-5-9(2)7-15/h8-9H,3-7H2,1-2H3. The number of carbonyl (C=O) groups is 1. The molecule has 2 heterocycles. The van der Waals surface area contributed by atoms with Crippen molar-refractivity contribution in [1.29, 1.82) is 0 Å². The van der Waals surface area contributed by atoms with Gasteiger partial charge in [0.05, 0.1) is 4.47 Å². The minimum atomic E-state index is 0.0515.